The van der Waals surface area contributed by atoms with Crippen molar-refractivity contribution in [2.75, 3.05) is 36.1 Å². The maximum absolute atomic E-state index is 13.0. The van der Waals surface area contributed by atoms with E-state index in [4.69, 9.17) is 0 Å². The van der Waals surface area contributed by atoms with Crippen LogP contribution in [0, 0.1) is 17.2 Å². The number of benzene rings is 2. The molecule has 2 aliphatic rings. The third kappa shape index (κ3) is 4.19. The molecule has 31 heavy (non-hydrogen) atoms. The van der Waals surface area contributed by atoms with Crippen LogP contribution in [0.5, 0.6) is 0 Å². The summed E-state index contributed by atoms with van der Waals surface area (Å²) < 4.78 is 0. The number of carbonyl (C=O) groups is 2. The maximum Gasteiger partial charge on any atom is 0.264 e. The van der Waals surface area contributed by atoms with Crippen LogP contribution in [0.1, 0.15) is 6.92 Å². The molecule has 2 aliphatic heterocycles. The zero-order valence-corrected chi connectivity index (χ0v) is 17.3. The highest BCUT2D eigenvalue weighted by Gasteiger charge is 2.34. The molecule has 0 bridgehead atoms. The Labute approximate surface area is 181 Å². The molecule has 1 saturated heterocycles. The van der Waals surface area contributed by atoms with Crippen LogP contribution >= 0.6 is 0 Å². The van der Waals surface area contributed by atoms with Crippen molar-refractivity contribution >= 4 is 28.9 Å². The molecule has 2 heterocycles. The summed E-state index contributed by atoms with van der Waals surface area (Å²) in [5.41, 5.74) is 2.32. The Morgan fingerprint density at radius 3 is 2.16 bits per heavy atom. The fourth-order valence-corrected chi connectivity index (χ4v) is 3.83. The van der Waals surface area contributed by atoms with Crippen molar-refractivity contribution in [3.63, 3.8) is 0 Å². The van der Waals surface area contributed by atoms with Gasteiger partial charge in [-0.05, 0) is 37.3 Å². The number of carbonyl (C=O) groups excluding carboxylic acids is 2. The van der Waals surface area contributed by atoms with Crippen molar-refractivity contribution in [1.29, 1.82) is 5.26 Å². The summed E-state index contributed by atoms with van der Waals surface area (Å²) >= 11 is 0. The van der Waals surface area contributed by atoms with E-state index in [1.54, 1.807) is 24.0 Å². The van der Waals surface area contributed by atoms with Crippen LogP contribution in [0.4, 0.5) is 11.4 Å². The average molecular weight is 413 g/mol. The number of amides is 2. The smallest absolute Gasteiger partial charge is 0.264 e. The Hall–Kier alpha value is -3.92. The van der Waals surface area contributed by atoms with Gasteiger partial charge in [0.15, 0.2) is 0 Å². The Balaban J connectivity index is 1.45. The number of hydrogen-bond donors (Lipinski definition) is 0. The van der Waals surface area contributed by atoms with Gasteiger partial charge in [0.2, 0.25) is 0 Å². The molecule has 0 aliphatic carbocycles. The van der Waals surface area contributed by atoms with E-state index in [1.165, 1.54) is 11.1 Å². The molecular weight excluding hydrogens is 390 g/mol. The SMILES string of the molecule is CC1=NN(c2ccccc2)C(=O)[C@@H]1/C=C(/C#N)C(=O)N1CCN(c2ccccc2)CC1. The number of nitrogens with zero attached hydrogens (tertiary/aromatic N) is 5. The van der Waals surface area contributed by atoms with Crippen molar-refractivity contribution < 1.29 is 9.59 Å². The van der Waals surface area contributed by atoms with Crippen LogP contribution < -0.4 is 9.91 Å². The van der Waals surface area contributed by atoms with Gasteiger partial charge in [0.25, 0.3) is 11.8 Å². The third-order valence-corrected chi connectivity index (χ3v) is 5.56. The number of para-hydroxylation sites is 2. The predicted octanol–water partition coefficient (Wildman–Crippen LogP) is 2.82. The van der Waals surface area contributed by atoms with Crippen molar-refractivity contribution in [2.45, 2.75) is 6.92 Å². The molecule has 7 heteroatoms. The average Bonchev–Trinajstić information content (AvgIpc) is 3.11. The van der Waals surface area contributed by atoms with Crippen LogP contribution in [-0.4, -0.2) is 48.6 Å². The molecule has 0 radical (unpaired) electrons. The maximum atomic E-state index is 13.0. The fraction of sp³-hybridized carbons (Fsp3) is 0.250. The molecular formula is C24H23N5O2. The summed E-state index contributed by atoms with van der Waals surface area (Å²) in [7, 11) is 0. The number of hydrazone groups is 1. The predicted molar refractivity (Wildman–Crippen MR) is 119 cm³/mol. The first kappa shape index (κ1) is 20.4. The standard InChI is InChI=1S/C24H23N5O2/c1-18-22(24(31)29(26-18)21-10-6-3-7-11-21)16-19(17-25)23(30)28-14-12-27(13-15-28)20-8-4-2-5-9-20/h2-11,16,22H,12-15H2,1H3/b19-16-/t22-/m1/s1. The van der Waals surface area contributed by atoms with Crippen LogP contribution in [-0.2, 0) is 9.59 Å². The summed E-state index contributed by atoms with van der Waals surface area (Å²) in [4.78, 5) is 29.8. The van der Waals surface area contributed by atoms with Crippen molar-refractivity contribution in [3.05, 3.63) is 72.3 Å². The number of rotatable bonds is 4. The summed E-state index contributed by atoms with van der Waals surface area (Å²) in [5, 5.41) is 15.3. The number of nitriles is 1. The zero-order chi connectivity index (χ0) is 21.8. The second-order valence-corrected chi connectivity index (χ2v) is 7.51. The molecule has 156 valence electrons. The van der Waals surface area contributed by atoms with Crippen LogP contribution in [0.3, 0.4) is 0 Å². The minimum atomic E-state index is -0.718. The van der Waals surface area contributed by atoms with Gasteiger partial charge in [0.1, 0.15) is 11.6 Å². The molecule has 2 aromatic rings. The van der Waals surface area contributed by atoms with Crippen molar-refractivity contribution in [2.24, 2.45) is 11.0 Å². The topological polar surface area (TPSA) is 80.0 Å². The van der Waals surface area contributed by atoms with E-state index in [1.807, 2.05) is 54.6 Å². The zero-order valence-electron chi connectivity index (χ0n) is 17.3. The van der Waals surface area contributed by atoms with Crippen LogP contribution in [0.2, 0.25) is 0 Å². The lowest BCUT2D eigenvalue weighted by Gasteiger charge is -2.36. The highest BCUT2D eigenvalue weighted by Crippen LogP contribution is 2.25. The third-order valence-electron chi connectivity index (χ3n) is 5.56. The van der Waals surface area contributed by atoms with E-state index in [2.05, 4.69) is 10.0 Å². The first-order chi connectivity index (χ1) is 15.1. The van der Waals surface area contributed by atoms with Crippen molar-refractivity contribution in [1.82, 2.24) is 4.90 Å². The van der Waals surface area contributed by atoms with Gasteiger partial charge < -0.3 is 9.80 Å². The second kappa shape index (κ2) is 8.84. The van der Waals surface area contributed by atoms with Gasteiger partial charge >= 0.3 is 0 Å². The van der Waals surface area contributed by atoms with Gasteiger partial charge in [-0.2, -0.15) is 15.4 Å². The van der Waals surface area contributed by atoms with Crippen molar-refractivity contribution in [3.8, 4) is 6.07 Å². The normalized spacial score (nSPS) is 19.3. The molecule has 0 aromatic heterocycles. The Kier molecular flexibility index (Phi) is 5.80. The lowest BCUT2D eigenvalue weighted by atomic mass is 10.0. The van der Waals surface area contributed by atoms with E-state index in [-0.39, 0.29) is 17.4 Å². The van der Waals surface area contributed by atoms with E-state index < -0.39 is 5.92 Å². The van der Waals surface area contributed by atoms with Gasteiger partial charge in [0, 0.05) is 31.9 Å². The molecule has 7 nitrogen and oxygen atoms in total. The number of hydrogen-bond acceptors (Lipinski definition) is 5. The number of anilines is 2. The van der Waals surface area contributed by atoms with Crippen LogP contribution in [0.15, 0.2) is 77.4 Å². The number of piperazine rings is 1. The molecule has 0 unspecified atom stereocenters. The Morgan fingerprint density at radius 1 is 1.00 bits per heavy atom. The molecule has 1 atom stereocenters. The largest absolute Gasteiger partial charge is 0.368 e. The van der Waals surface area contributed by atoms with E-state index in [9.17, 15) is 14.9 Å². The first-order valence-corrected chi connectivity index (χ1v) is 10.2. The van der Waals surface area contributed by atoms with E-state index >= 15 is 0 Å². The minimum Gasteiger partial charge on any atom is -0.368 e. The summed E-state index contributed by atoms with van der Waals surface area (Å²) in [6.07, 6.45) is 1.45. The highest BCUT2D eigenvalue weighted by molar-refractivity contribution is 6.17. The van der Waals surface area contributed by atoms with E-state index in [0.717, 1.165) is 5.69 Å². The molecule has 0 spiro atoms. The summed E-state index contributed by atoms with van der Waals surface area (Å²) in [5.74, 6) is -1.32. The monoisotopic (exact) mass is 413 g/mol. The molecule has 0 N–H and O–H groups in total. The second-order valence-electron chi connectivity index (χ2n) is 7.51. The van der Waals surface area contributed by atoms with Gasteiger partial charge in [-0.1, -0.05) is 36.4 Å². The lowest BCUT2D eigenvalue weighted by molar-refractivity contribution is -0.127. The quantitative estimate of drug-likeness (QED) is 0.570. The van der Waals surface area contributed by atoms with Gasteiger partial charge in [-0.15, -0.1) is 0 Å². The summed E-state index contributed by atoms with van der Waals surface area (Å²) in [6, 6.07) is 21.2. The minimum absolute atomic E-state index is 0.0176. The first-order valence-electron chi connectivity index (χ1n) is 10.2. The highest BCUT2D eigenvalue weighted by atomic mass is 16.2. The molecule has 0 saturated carbocycles. The van der Waals surface area contributed by atoms with Gasteiger partial charge in [0.05, 0.1) is 17.3 Å². The van der Waals surface area contributed by atoms with Gasteiger partial charge in [-0.3, -0.25) is 9.59 Å². The summed E-state index contributed by atoms with van der Waals surface area (Å²) in [6.45, 7) is 4.17. The fourth-order valence-electron chi connectivity index (χ4n) is 3.83. The van der Waals surface area contributed by atoms with E-state index in [0.29, 0.717) is 37.6 Å². The lowest BCUT2D eigenvalue weighted by Crippen LogP contribution is -2.49. The molecule has 2 amide bonds. The van der Waals surface area contributed by atoms with Crippen LogP contribution in [0.25, 0.3) is 0 Å². The molecule has 4 rings (SSSR count). The Bertz CT molecular complexity index is 1060. The molecule has 1 fully saturated rings. The Morgan fingerprint density at radius 2 is 1.58 bits per heavy atom. The van der Waals surface area contributed by atoms with Gasteiger partial charge in [-0.25, -0.2) is 0 Å². The molecule has 2 aromatic carbocycles.